The van der Waals surface area contributed by atoms with Crippen LogP contribution in [-0.4, -0.2) is 57.1 Å². The minimum absolute atomic E-state index is 0.237. The fourth-order valence-electron chi connectivity index (χ4n) is 3.33. The van der Waals surface area contributed by atoms with E-state index in [0.717, 1.165) is 35.4 Å². The van der Waals surface area contributed by atoms with Gasteiger partial charge >= 0.3 is 0 Å². The molecular formula is C18H24ClNO5. The van der Waals surface area contributed by atoms with Gasteiger partial charge in [0.15, 0.2) is 0 Å². The molecule has 6 nitrogen and oxygen atoms in total. The van der Waals surface area contributed by atoms with Crippen LogP contribution in [0.3, 0.4) is 0 Å². The molecular weight excluding hydrogens is 346 g/mol. The first-order valence-electron chi connectivity index (χ1n) is 8.29. The van der Waals surface area contributed by atoms with Crippen LogP contribution in [0, 0.1) is 6.92 Å². The highest BCUT2D eigenvalue weighted by atomic mass is 35.5. The number of ether oxygens (including phenoxy) is 4. The molecule has 25 heavy (non-hydrogen) atoms. The summed E-state index contributed by atoms with van der Waals surface area (Å²) in [5, 5.41) is 13.8. The highest BCUT2D eigenvalue weighted by molar-refractivity contribution is 6.28. The summed E-state index contributed by atoms with van der Waals surface area (Å²) in [5.74, 6) is 0.645. The fourth-order valence-corrected chi connectivity index (χ4v) is 3.56. The zero-order chi connectivity index (χ0) is 18.0. The largest absolute Gasteiger partial charge is 0.462 e. The molecule has 0 aromatic heterocycles. The normalized spacial score (nSPS) is 30.7. The Balaban J connectivity index is 1.84. The van der Waals surface area contributed by atoms with E-state index < -0.39 is 24.6 Å². The van der Waals surface area contributed by atoms with Gasteiger partial charge in [0, 0.05) is 37.6 Å². The molecule has 2 heterocycles. The molecule has 1 fully saturated rings. The summed E-state index contributed by atoms with van der Waals surface area (Å²) in [4.78, 5) is 0. The topological polar surface area (TPSA) is 69.2 Å². The van der Waals surface area contributed by atoms with Crippen molar-refractivity contribution < 1.29 is 24.1 Å². The number of anilines is 1. The number of benzene rings is 1. The Bertz CT molecular complexity index is 651. The van der Waals surface area contributed by atoms with Crippen molar-refractivity contribution in [2.75, 3.05) is 32.7 Å². The van der Waals surface area contributed by atoms with Crippen LogP contribution in [0.1, 0.15) is 17.5 Å². The summed E-state index contributed by atoms with van der Waals surface area (Å²) in [6.45, 7) is 3.11. The number of aliphatic hydroxyl groups is 1. The second-order valence-corrected chi connectivity index (χ2v) is 6.48. The van der Waals surface area contributed by atoms with E-state index in [9.17, 15) is 5.11 Å². The van der Waals surface area contributed by atoms with Crippen molar-refractivity contribution in [3.63, 3.8) is 0 Å². The predicted octanol–water partition coefficient (Wildman–Crippen LogP) is 2.52. The first-order valence-corrected chi connectivity index (χ1v) is 8.72. The van der Waals surface area contributed by atoms with E-state index in [2.05, 4.69) is 5.32 Å². The number of hydrogen-bond acceptors (Lipinski definition) is 6. The maximum atomic E-state index is 10.4. The molecule has 0 saturated carbocycles. The Morgan fingerprint density at radius 1 is 1.32 bits per heavy atom. The van der Waals surface area contributed by atoms with Crippen LogP contribution >= 0.6 is 11.6 Å². The molecule has 3 rings (SSSR count). The Morgan fingerprint density at radius 2 is 2.12 bits per heavy atom. The Labute approximate surface area is 152 Å². The Morgan fingerprint density at radius 3 is 2.80 bits per heavy atom. The highest BCUT2D eigenvalue weighted by Gasteiger charge is 2.41. The van der Waals surface area contributed by atoms with Gasteiger partial charge in [0.2, 0.25) is 6.29 Å². The molecule has 0 bridgehead atoms. The lowest BCUT2D eigenvalue weighted by molar-refractivity contribution is -0.253. The quantitative estimate of drug-likeness (QED) is 0.850. The van der Waals surface area contributed by atoms with E-state index in [-0.39, 0.29) is 6.61 Å². The first kappa shape index (κ1) is 18.5. The molecule has 138 valence electrons. The maximum absolute atomic E-state index is 10.4. The van der Waals surface area contributed by atoms with Crippen molar-refractivity contribution >= 4 is 22.9 Å². The van der Waals surface area contributed by atoms with Crippen LogP contribution in [0.25, 0.3) is 5.57 Å². The van der Waals surface area contributed by atoms with Gasteiger partial charge in [-0.15, -0.1) is 0 Å². The SMILES string of the molecule is CO[C@H]1[C@H](Oc2cc(C)c3c(c2)C(=CCl)CCN3)OC[C@@H](OC)[C@@H]1O. The predicted molar refractivity (Wildman–Crippen MR) is 96.1 cm³/mol. The second-order valence-electron chi connectivity index (χ2n) is 6.26. The number of fused-ring (bicyclic) bond motifs is 1. The van der Waals surface area contributed by atoms with Gasteiger partial charge in [-0.05, 0) is 36.6 Å². The van der Waals surface area contributed by atoms with Crippen molar-refractivity contribution in [2.45, 2.75) is 37.9 Å². The third-order valence-corrected chi connectivity index (χ3v) is 4.98. The van der Waals surface area contributed by atoms with Gasteiger partial charge in [-0.25, -0.2) is 0 Å². The van der Waals surface area contributed by atoms with E-state index in [4.69, 9.17) is 30.5 Å². The summed E-state index contributed by atoms with van der Waals surface area (Å²) >= 11 is 5.98. The number of aryl methyl sites for hydroxylation is 1. The minimum atomic E-state index is -0.826. The molecule has 1 aromatic carbocycles. The van der Waals surface area contributed by atoms with Gasteiger partial charge in [-0.3, -0.25) is 0 Å². The first-order chi connectivity index (χ1) is 12.1. The number of aliphatic hydroxyl groups excluding tert-OH is 1. The maximum Gasteiger partial charge on any atom is 0.229 e. The average Bonchev–Trinajstić information content (AvgIpc) is 2.62. The summed E-state index contributed by atoms with van der Waals surface area (Å²) in [5.41, 5.74) is 5.83. The number of rotatable bonds is 4. The highest BCUT2D eigenvalue weighted by Crippen LogP contribution is 2.37. The third-order valence-electron chi connectivity index (χ3n) is 4.72. The molecule has 0 radical (unpaired) electrons. The van der Waals surface area contributed by atoms with E-state index in [1.807, 2.05) is 19.1 Å². The van der Waals surface area contributed by atoms with Crippen LogP contribution in [0.15, 0.2) is 17.7 Å². The van der Waals surface area contributed by atoms with Gasteiger partial charge in [0.05, 0.1) is 6.61 Å². The van der Waals surface area contributed by atoms with Crippen molar-refractivity contribution in [3.05, 3.63) is 28.8 Å². The molecule has 2 aliphatic heterocycles. The number of methoxy groups -OCH3 is 2. The van der Waals surface area contributed by atoms with Crippen LogP contribution in [0.5, 0.6) is 5.75 Å². The van der Waals surface area contributed by atoms with E-state index >= 15 is 0 Å². The Kier molecular flexibility index (Phi) is 5.86. The molecule has 0 spiro atoms. The fraction of sp³-hybridized carbons (Fsp3) is 0.556. The molecule has 7 heteroatoms. The summed E-state index contributed by atoms with van der Waals surface area (Å²) in [6, 6.07) is 3.88. The standard InChI is InChI=1S/C18H24ClNO5/c1-10-6-12(7-13-11(8-19)4-5-20-15(10)13)25-18-17(23-3)16(21)14(22-2)9-24-18/h6-8,14,16-18,20-21H,4-5,9H2,1-3H3/t14-,16+,17-,18+/m1/s1. The van der Waals surface area contributed by atoms with Gasteiger partial charge in [-0.2, -0.15) is 0 Å². The van der Waals surface area contributed by atoms with Crippen LogP contribution in [-0.2, 0) is 14.2 Å². The van der Waals surface area contributed by atoms with Crippen molar-refractivity contribution in [1.82, 2.24) is 0 Å². The summed E-state index contributed by atoms with van der Waals surface area (Å²) < 4.78 is 22.3. The molecule has 1 saturated heterocycles. The van der Waals surface area contributed by atoms with Crippen molar-refractivity contribution in [3.8, 4) is 5.75 Å². The number of halogens is 1. The van der Waals surface area contributed by atoms with E-state index in [1.165, 1.54) is 14.2 Å². The van der Waals surface area contributed by atoms with E-state index in [1.54, 1.807) is 5.54 Å². The lowest BCUT2D eigenvalue weighted by atomic mass is 9.95. The third kappa shape index (κ3) is 3.64. The molecule has 0 unspecified atom stereocenters. The Hall–Kier alpha value is -1.31. The van der Waals surface area contributed by atoms with E-state index in [0.29, 0.717) is 5.75 Å². The van der Waals surface area contributed by atoms with Gasteiger partial charge < -0.3 is 29.4 Å². The zero-order valence-electron chi connectivity index (χ0n) is 14.6. The van der Waals surface area contributed by atoms with Crippen LogP contribution < -0.4 is 10.1 Å². The van der Waals surface area contributed by atoms with Crippen LogP contribution in [0.4, 0.5) is 5.69 Å². The molecule has 1 aromatic rings. The minimum Gasteiger partial charge on any atom is -0.462 e. The zero-order valence-corrected chi connectivity index (χ0v) is 15.4. The van der Waals surface area contributed by atoms with Gasteiger partial charge in [-0.1, -0.05) is 11.6 Å². The summed E-state index contributed by atoms with van der Waals surface area (Å²) in [6.07, 6.45) is -1.77. The monoisotopic (exact) mass is 369 g/mol. The van der Waals surface area contributed by atoms with Crippen molar-refractivity contribution in [2.24, 2.45) is 0 Å². The average molecular weight is 370 g/mol. The molecule has 0 amide bonds. The van der Waals surface area contributed by atoms with Gasteiger partial charge in [0.1, 0.15) is 24.1 Å². The van der Waals surface area contributed by atoms with Crippen molar-refractivity contribution in [1.29, 1.82) is 0 Å². The smallest absolute Gasteiger partial charge is 0.229 e. The lowest BCUT2D eigenvalue weighted by Gasteiger charge is -2.38. The number of hydrogen-bond donors (Lipinski definition) is 2. The molecule has 0 aliphatic carbocycles. The second kappa shape index (κ2) is 7.93. The molecule has 2 N–H and O–H groups in total. The number of nitrogens with one attached hydrogen (secondary N) is 1. The molecule has 4 atom stereocenters. The van der Waals surface area contributed by atoms with Crippen LogP contribution in [0.2, 0.25) is 0 Å². The summed E-state index contributed by atoms with van der Waals surface area (Å²) in [7, 11) is 3.05. The molecule has 2 aliphatic rings. The lowest BCUT2D eigenvalue weighted by Crippen LogP contribution is -2.56. The van der Waals surface area contributed by atoms with Gasteiger partial charge in [0.25, 0.3) is 0 Å².